The highest BCUT2D eigenvalue weighted by Gasteiger charge is 2.03. The van der Waals surface area contributed by atoms with Gasteiger partial charge in [-0.15, -0.1) is 0 Å². The quantitative estimate of drug-likeness (QED) is 0.614. The Labute approximate surface area is 103 Å². The lowest BCUT2D eigenvalue weighted by Crippen LogP contribution is -1.87. The molecule has 0 radical (unpaired) electrons. The van der Waals surface area contributed by atoms with Gasteiger partial charge in [0.25, 0.3) is 0 Å². The molecule has 0 amide bonds. The molecule has 0 aliphatic heterocycles. The summed E-state index contributed by atoms with van der Waals surface area (Å²) in [5.74, 6) is -0.0554. The van der Waals surface area contributed by atoms with Gasteiger partial charge in [0.1, 0.15) is 10.0 Å². The Morgan fingerprint density at radius 2 is 1.88 bits per heavy atom. The van der Waals surface area contributed by atoms with Gasteiger partial charge < -0.3 is 0 Å². The van der Waals surface area contributed by atoms with E-state index < -0.39 is 10.0 Å². The van der Waals surface area contributed by atoms with Gasteiger partial charge >= 0.3 is 0 Å². The topological polar surface area (TPSA) is 34.1 Å². The molecule has 1 rings (SSSR count). The highest BCUT2D eigenvalue weighted by molar-refractivity contribution is 8.08. The maximum absolute atomic E-state index is 11.1. The summed E-state index contributed by atoms with van der Waals surface area (Å²) in [6.07, 6.45) is 3.03. The normalized spacial score (nSPS) is 11.8. The van der Waals surface area contributed by atoms with E-state index in [2.05, 4.69) is 0 Å². The van der Waals surface area contributed by atoms with E-state index in [1.165, 1.54) is 13.0 Å². The van der Waals surface area contributed by atoms with Crippen LogP contribution in [0.5, 0.6) is 0 Å². The molecule has 1 unspecified atom stereocenters. The average molecular weight is 259 g/mol. The lowest BCUT2D eigenvalue weighted by molar-refractivity contribution is -0.112. The van der Waals surface area contributed by atoms with E-state index >= 15 is 0 Å². The van der Waals surface area contributed by atoms with Gasteiger partial charge in [-0.05, 0) is 35.3 Å². The van der Waals surface area contributed by atoms with Crippen molar-refractivity contribution < 1.29 is 9.00 Å². The first-order valence-corrected chi connectivity index (χ1v) is 6.94. The van der Waals surface area contributed by atoms with Gasteiger partial charge in [0, 0.05) is 0 Å². The van der Waals surface area contributed by atoms with Crippen LogP contribution >= 0.6 is 10.7 Å². The summed E-state index contributed by atoms with van der Waals surface area (Å²) in [6.45, 7) is 5.46. The van der Waals surface area contributed by atoms with E-state index in [0.29, 0.717) is 10.5 Å². The molecule has 0 aliphatic carbocycles. The van der Waals surface area contributed by atoms with Crippen LogP contribution < -0.4 is 0 Å². The predicted octanol–water partition coefficient (Wildman–Crippen LogP) is 3.58. The van der Waals surface area contributed by atoms with Crippen molar-refractivity contribution in [1.82, 2.24) is 0 Å². The van der Waals surface area contributed by atoms with Crippen molar-refractivity contribution in [2.24, 2.45) is 0 Å². The van der Waals surface area contributed by atoms with E-state index in [0.717, 1.165) is 0 Å². The van der Waals surface area contributed by atoms with Crippen LogP contribution in [0.1, 0.15) is 26.3 Å². The van der Waals surface area contributed by atoms with Crippen LogP contribution in [0.25, 0.3) is 6.08 Å². The van der Waals surface area contributed by atoms with Gasteiger partial charge in [-0.3, -0.25) is 4.79 Å². The van der Waals surface area contributed by atoms with Crippen LogP contribution in [-0.4, -0.2) is 9.99 Å². The fourth-order valence-corrected chi connectivity index (χ4v) is 1.90. The smallest absolute Gasteiger partial charge is 0.152 e. The molecule has 1 aromatic rings. The Balaban J connectivity index is 0.00000106. The Morgan fingerprint density at radius 1 is 1.31 bits per heavy atom. The minimum atomic E-state index is -1.55. The molecule has 0 saturated heterocycles. The Bertz CT molecular complexity index is 400. The second-order valence-corrected chi connectivity index (χ2v) is 4.43. The van der Waals surface area contributed by atoms with Crippen molar-refractivity contribution in [2.75, 3.05) is 0 Å². The first kappa shape index (κ1) is 15.1. The Kier molecular flexibility index (Phi) is 7.77. The third-order valence-electron chi connectivity index (χ3n) is 1.59. The molecule has 88 valence electrons. The molecule has 0 aliphatic rings. The molecule has 0 spiro atoms. The fourth-order valence-electron chi connectivity index (χ4n) is 0.972. The monoisotopic (exact) mass is 258 g/mol. The maximum atomic E-state index is 11.1. The molecule has 0 saturated carbocycles. The van der Waals surface area contributed by atoms with E-state index in [-0.39, 0.29) is 5.78 Å². The predicted molar refractivity (Wildman–Crippen MR) is 69.8 cm³/mol. The standard InChI is InChI=1S/C10H9ClO2S.C2H6/c1-8(12)6-7-9-4-2-3-5-10(9)14(11)13;1-2/h2-7H,1H3;1-2H3/b7-6+;. The average Bonchev–Trinajstić information content (AvgIpc) is 2.29. The number of rotatable bonds is 3. The van der Waals surface area contributed by atoms with Gasteiger partial charge in [-0.1, -0.05) is 38.1 Å². The highest BCUT2D eigenvalue weighted by atomic mass is 35.7. The molecule has 0 N–H and O–H groups in total. The van der Waals surface area contributed by atoms with E-state index in [1.807, 2.05) is 13.8 Å². The van der Waals surface area contributed by atoms with Crippen molar-refractivity contribution in [3.63, 3.8) is 0 Å². The number of allylic oxidation sites excluding steroid dienone is 1. The number of ketones is 1. The van der Waals surface area contributed by atoms with Crippen LogP contribution in [0.4, 0.5) is 0 Å². The van der Waals surface area contributed by atoms with Crippen molar-refractivity contribution in [3.05, 3.63) is 35.9 Å². The summed E-state index contributed by atoms with van der Waals surface area (Å²) in [6, 6.07) is 6.98. The van der Waals surface area contributed by atoms with Crippen LogP contribution in [0, 0.1) is 0 Å². The third kappa shape index (κ3) is 5.24. The van der Waals surface area contributed by atoms with Crippen LogP contribution in [-0.2, 0) is 14.8 Å². The van der Waals surface area contributed by atoms with Crippen molar-refractivity contribution in [2.45, 2.75) is 25.7 Å². The molecule has 1 aromatic carbocycles. The summed E-state index contributed by atoms with van der Waals surface area (Å²) >= 11 is 0. The number of carbonyl (C=O) groups excluding carboxylic acids is 1. The second-order valence-electron chi connectivity index (χ2n) is 2.71. The van der Waals surface area contributed by atoms with Crippen LogP contribution in [0.2, 0.25) is 0 Å². The highest BCUT2D eigenvalue weighted by Crippen LogP contribution is 2.17. The molecule has 0 fully saturated rings. The van der Waals surface area contributed by atoms with Gasteiger partial charge in [0.2, 0.25) is 0 Å². The number of hydrogen-bond donors (Lipinski definition) is 0. The van der Waals surface area contributed by atoms with E-state index in [9.17, 15) is 9.00 Å². The number of hydrogen-bond acceptors (Lipinski definition) is 2. The molecule has 16 heavy (non-hydrogen) atoms. The minimum Gasteiger partial charge on any atom is -0.295 e. The lowest BCUT2D eigenvalue weighted by atomic mass is 10.2. The van der Waals surface area contributed by atoms with Gasteiger partial charge in [-0.25, -0.2) is 4.21 Å². The molecule has 2 nitrogen and oxygen atoms in total. The summed E-state index contributed by atoms with van der Waals surface area (Å²) in [5, 5.41) is 0. The molecular weight excluding hydrogens is 244 g/mol. The van der Waals surface area contributed by atoms with Crippen LogP contribution in [0.3, 0.4) is 0 Å². The third-order valence-corrected chi connectivity index (χ3v) is 2.81. The largest absolute Gasteiger partial charge is 0.295 e. The minimum absolute atomic E-state index is 0.0554. The lowest BCUT2D eigenvalue weighted by Gasteiger charge is -1.99. The summed E-state index contributed by atoms with van der Waals surface area (Å²) in [7, 11) is 3.93. The molecule has 1 atom stereocenters. The zero-order chi connectivity index (χ0) is 12.6. The Morgan fingerprint density at radius 3 is 2.38 bits per heavy atom. The summed E-state index contributed by atoms with van der Waals surface area (Å²) in [5.41, 5.74) is 0.705. The van der Waals surface area contributed by atoms with Gasteiger partial charge in [0.05, 0.1) is 4.90 Å². The molecular formula is C12H15ClO2S. The second kappa shape index (κ2) is 8.25. The van der Waals surface area contributed by atoms with Gasteiger partial charge in [-0.2, -0.15) is 0 Å². The first-order chi connectivity index (χ1) is 7.61. The van der Waals surface area contributed by atoms with Gasteiger partial charge in [0.15, 0.2) is 5.78 Å². The molecule has 0 heterocycles. The summed E-state index contributed by atoms with van der Waals surface area (Å²) in [4.78, 5) is 11.2. The van der Waals surface area contributed by atoms with Crippen molar-refractivity contribution in [3.8, 4) is 0 Å². The molecule has 0 bridgehead atoms. The zero-order valence-electron chi connectivity index (χ0n) is 9.57. The Hall–Kier alpha value is -0.930. The molecule has 0 aromatic heterocycles. The zero-order valence-corrected chi connectivity index (χ0v) is 11.1. The van der Waals surface area contributed by atoms with Crippen molar-refractivity contribution in [1.29, 1.82) is 0 Å². The first-order valence-electron chi connectivity index (χ1n) is 4.97. The maximum Gasteiger partial charge on any atom is 0.152 e. The van der Waals surface area contributed by atoms with Crippen LogP contribution in [0.15, 0.2) is 35.2 Å². The van der Waals surface area contributed by atoms with E-state index in [1.54, 1.807) is 30.3 Å². The number of benzene rings is 1. The summed E-state index contributed by atoms with van der Waals surface area (Å²) < 4.78 is 11.1. The van der Waals surface area contributed by atoms with Crippen molar-refractivity contribution >= 4 is 32.6 Å². The number of carbonyl (C=O) groups is 1. The SMILES string of the molecule is CC.CC(=O)/C=C/c1ccccc1S(=O)Cl. The number of halogens is 1. The molecule has 4 heteroatoms. The fraction of sp³-hybridized carbons (Fsp3) is 0.250. The van der Waals surface area contributed by atoms with E-state index in [4.69, 9.17) is 10.7 Å².